The third kappa shape index (κ3) is 8.32. The standard InChI is InChI=1S/C21H26Cl2N4O4/c1-30-19(28)13-31-9-5-3-2-4-6-15-18(11-24)26-21(27-20(15)29)25-12-14-7-8-16(22)17(23)10-14/h7-8,10-11,24H,2-6,9,12-13H2,1H3,(H2,25,26,27,29). The van der Waals surface area contributed by atoms with Crippen molar-refractivity contribution in [1.82, 2.24) is 9.97 Å². The van der Waals surface area contributed by atoms with Gasteiger partial charge in [-0.25, -0.2) is 9.78 Å². The molecule has 2 rings (SSSR count). The van der Waals surface area contributed by atoms with E-state index in [0.29, 0.717) is 46.8 Å². The molecule has 0 radical (unpaired) electrons. The van der Waals surface area contributed by atoms with Crippen molar-refractivity contribution in [1.29, 1.82) is 5.41 Å². The van der Waals surface area contributed by atoms with E-state index in [1.807, 2.05) is 6.07 Å². The number of hydrogen-bond donors (Lipinski definition) is 3. The number of H-pyrrole nitrogens is 1. The maximum Gasteiger partial charge on any atom is 0.331 e. The maximum absolute atomic E-state index is 12.5. The molecule has 1 heterocycles. The number of nitrogens with one attached hydrogen (secondary N) is 3. The molecule has 8 nitrogen and oxygen atoms in total. The Morgan fingerprint density at radius 3 is 2.71 bits per heavy atom. The zero-order valence-electron chi connectivity index (χ0n) is 17.3. The van der Waals surface area contributed by atoms with Crippen molar-refractivity contribution < 1.29 is 14.3 Å². The molecule has 31 heavy (non-hydrogen) atoms. The number of hydrogen-bond acceptors (Lipinski definition) is 7. The Bertz CT molecular complexity index is 949. The smallest absolute Gasteiger partial charge is 0.331 e. The summed E-state index contributed by atoms with van der Waals surface area (Å²) in [7, 11) is 1.32. The first-order chi connectivity index (χ1) is 14.9. The third-order valence-electron chi connectivity index (χ3n) is 4.54. The zero-order valence-corrected chi connectivity index (χ0v) is 18.8. The summed E-state index contributed by atoms with van der Waals surface area (Å²) in [6.07, 6.45) is 5.05. The number of aromatic nitrogens is 2. The molecule has 0 saturated heterocycles. The van der Waals surface area contributed by atoms with Crippen LogP contribution < -0.4 is 10.9 Å². The predicted octanol–water partition coefficient (Wildman–Crippen LogP) is 3.98. The maximum atomic E-state index is 12.5. The van der Waals surface area contributed by atoms with Crippen LogP contribution in [-0.4, -0.2) is 42.5 Å². The second-order valence-corrected chi connectivity index (χ2v) is 7.63. The molecular formula is C21H26Cl2N4O4. The van der Waals surface area contributed by atoms with Crippen LogP contribution in [0.1, 0.15) is 42.5 Å². The molecule has 0 spiro atoms. The van der Waals surface area contributed by atoms with Crippen LogP contribution in [0.2, 0.25) is 10.0 Å². The van der Waals surface area contributed by atoms with Gasteiger partial charge in [0.05, 0.1) is 22.8 Å². The summed E-state index contributed by atoms with van der Waals surface area (Å²) in [5, 5.41) is 11.6. The normalized spacial score (nSPS) is 10.7. The molecule has 0 atom stereocenters. The summed E-state index contributed by atoms with van der Waals surface area (Å²) in [6, 6.07) is 5.27. The first-order valence-corrected chi connectivity index (χ1v) is 10.7. The van der Waals surface area contributed by atoms with E-state index in [2.05, 4.69) is 20.0 Å². The average Bonchev–Trinajstić information content (AvgIpc) is 2.76. The summed E-state index contributed by atoms with van der Waals surface area (Å²) in [5.41, 5.74) is 1.47. The number of aromatic amines is 1. The number of carbonyl (C=O) groups excluding carboxylic acids is 1. The number of methoxy groups -OCH3 is 1. The minimum atomic E-state index is -0.388. The number of anilines is 1. The van der Waals surface area contributed by atoms with Crippen molar-refractivity contribution in [2.45, 2.75) is 38.6 Å². The van der Waals surface area contributed by atoms with E-state index in [9.17, 15) is 9.59 Å². The Kier molecular flexibility index (Phi) is 10.5. The van der Waals surface area contributed by atoms with Gasteiger partial charge in [-0.1, -0.05) is 42.1 Å². The fraction of sp³-hybridized carbons (Fsp3) is 0.429. The molecule has 10 heteroatoms. The topological polar surface area (TPSA) is 117 Å². The van der Waals surface area contributed by atoms with Gasteiger partial charge in [0.1, 0.15) is 6.61 Å². The first-order valence-electron chi connectivity index (χ1n) is 9.90. The SMILES string of the molecule is COC(=O)COCCCCCCc1c(C=N)nc(NCc2ccc(Cl)c(Cl)c2)[nH]c1=O. The lowest BCUT2D eigenvalue weighted by atomic mass is 10.1. The minimum Gasteiger partial charge on any atom is -0.467 e. The van der Waals surface area contributed by atoms with E-state index in [-0.39, 0.29) is 18.1 Å². The van der Waals surface area contributed by atoms with Gasteiger partial charge in [0, 0.05) is 24.9 Å². The molecule has 0 fully saturated rings. The fourth-order valence-electron chi connectivity index (χ4n) is 2.87. The highest BCUT2D eigenvalue weighted by molar-refractivity contribution is 6.42. The molecule has 0 saturated carbocycles. The predicted molar refractivity (Wildman–Crippen MR) is 122 cm³/mol. The molecule has 0 amide bonds. The van der Waals surface area contributed by atoms with Crippen LogP contribution in [0.15, 0.2) is 23.0 Å². The van der Waals surface area contributed by atoms with Crippen molar-refractivity contribution in [3.63, 3.8) is 0 Å². The molecule has 168 valence electrons. The molecule has 0 aliphatic heterocycles. The second kappa shape index (κ2) is 13.1. The summed E-state index contributed by atoms with van der Waals surface area (Å²) in [4.78, 5) is 30.5. The number of unbranched alkanes of at least 4 members (excludes halogenated alkanes) is 3. The van der Waals surface area contributed by atoms with E-state index >= 15 is 0 Å². The summed E-state index contributed by atoms with van der Waals surface area (Å²) >= 11 is 11.9. The van der Waals surface area contributed by atoms with Gasteiger partial charge in [-0.15, -0.1) is 0 Å². The molecular weight excluding hydrogens is 443 g/mol. The highest BCUT2D eigenvalue weighted by Gasteiger charge is 2.10. The van der Waals surface area contributed by atoms with Crippen molar-refractivity contribution in [2.24, 2.45) is 0 Å². The second-order valence-electron chi connectivity index (χ2n) is 6.82. The Morgan fingerprint density at radius 1 is 1.23 bits per heavy atom. The third-order valence-corrected chi connectivity index (χ3v) is 5.28. The van der Waals surface area contributed by atoms with Gasteiger partial charge in [0.2, 0.25) is 5.95 Å². The number of nitrogens with zero attached hydrogens (tertiary/aromatic N) is 1. The van der Waals surface area contributed by atoms with Gasteiger partial charge in [-0.05, 0) is 37.0 Å². The average molecular weight is 469 g/mol. The van der Waals surface area contributed by atoms with Gasteiger partial charge in [-0.3, -0.25) is 9.78 Å². The van der Waals surface area contributed by atoms with Crippen LogP contribution >= 0.6 is 23.2 Å². The van der Waals surface area contributed by atoms with Crippen LogP contribution in [-0.2, 0) is 27.2 Å². The highest BCUT2D eigenvalue weighted by atomic mass is 35.5. The van der Waals surface area contributed by atoms with Crippen LogP contribution in [0.25, 0.3) is 0 Å². The van der Waals surface area contributed by atoms with Gasteiger partial charge >= 0.3 is 5.97 Å². The first kappa shape index (κ1) is 24.8. The van der Waals surface area contributed by atoms with E-state index in [1.165, 1.54) is 7.11 Å². The fourth-order valence-corrected chi connectivity index (χ4v) is 3.19. The van der Waals surface area contributed by atoms with Crippen molar-refractivity contribution in [2.75, 3.05) is 25.6 Å². The quantitative estimate of drug-likeness (QED) is 0.232. The monoisotopic (exact) mass is 468 g/mol. The molecule has 3 N–H and O–H groups in total. The number of benzene rings is 1. The van der Waals surface area contributed by atoms with E-state index in [0.717, 1.165) is 37.5 Å². The van der Waals surface area contributed by atoms with Crippen molar-refractivity contribution >= 4 is 41.3 Å². The Balaban J connectivity index is 1.82. The van der Waals surface area contributed by atoms with Gasteiger partial charge in [0.25, 0.3) is 5.56 Å². The molecule has 2 aromatic rings. The van der Waals surface area contributed by atoms with E-state index in [4.69, 9.17) is 33.3 Å². The molecule has 0 bridgehead atoms. The number of carbonyl (C=O) groups is 1. The van der Waals surface area contributed by atoms with Crippen molar-refractivity contribution in [3.05, 3.63) is 55.4 Å². The lowest BCUT2D eigenvalue weighted by molar-refractivity contribution is -0.145. The summed E-state index contributed by atoms with van der Waals surface area (Å²) in [5.74, 6) is -0.0955. The zero-order chi connectivity index (χ0) is 22.6. The number of ether oxygens (including phenoxy) is 2. The highest BCUT2D eigenvalue weighted by Crippen LogP contribution is 2.22. The Morgan fingerprint density at radius 2 is 2.00 bits per heavy atom. The van der Waals surface area contributed by atoms with Crippen LogP contribution in [0, 0.1) is 5.41 Å². The van der Waals surface area contributed by atoms with Crippen LogP contribution in [0.3, 0.4) is 0 Å². The summed E-state index contributed by atoms with van der Waals surface area (Å²) in [6.45, 7) is 0.850. The lowest BCUT2D eigenvalue weighted by Crippen LogP contribution is -2.20. The van der Waals surface area contributed by atoms with Gasteiger partial charge in [0.15, 0.2) is 0 Å². The number of rotatable bonds is 13. The van der Waals surface area contributed by atoms with Gasteiger partial charge in [-0.2, -0.15) is 0 Å². The largest absolute Gasteiger partial charge is 0.467 e. The van der Waals surface area contributed by atoms with E-state index in [1.54, 1.807) is 12.1 Å². The summed E-state index contributed by atoms with van der Waals surface area (Å²) < 4.78 is 9.69. The molecule has 0 unspecified atom stereocenters. The van der Waals surface area contributed by atoms with Gasteiger partial charge < -0.3 is 20.2 Å². The molecule has 0 aliphatic rings. The van der Waals surface area contributed by atoms with Crippen molar-refractivity contribution in [3.8, 4) is 0 Å². The Labute approximate surface area is 190 Å². The Hall–Kier alpha value is -2.42. The molecule has 1 aromatic heterocycles. The molecule has 1 aromatic carbocycles. The number of esters is 1. The lowest BCUT2D eigenvalue weighted by Gasteiger charge is -2.10. The number of halogens is 2. The minimum absolute atomic E-state index is 0.0360. The van der Waals surface area contributed by atoms with Crippen LogP contribution in [0.5, 0.6) is 0 Å². The molecule has 0 aliphatic carbocycles. The van der Waals surface area contributed by atoms with E-state index < -0.39 is 0 Å². The van der Waals surface area contributed by atoms with Crippen LogP contribution in [0.4, 0.5) is 5.95 Å².